The Hall–Kier alpha value is 1.04. The predicted octanol–water partition coefficient (Wildman–Crippen LogP) is -1.42. The molecule has 0 fully saturated rings. The molecular formula is H5FNaO4P. The van der Waals surface area contributed by atoms with E-state index in [1.807, 2.05) is 0 Å². The van der Waals surface area contributed by atoms with Crippen molar-refractivity contribution in [1.29, 1.82) is 0 Å². The molecule has 0 aliphatic heterocycles. The normalized spacial score (nSPS) is 8.43. The molecule has 0 amide bonds. The minimum atomic E-state index is -5.14. The molecule has 0 aliphatic carbocycles. The third kappa shape index (κ3) is 165. The first-order valence-corrected chi connectivity index (χ1v) is 2.25. The molecule has 0 bridgehead atoms. The van der Waals surface area contributed by atoms with Gasteiger partial charge in [-0.1, -0.05) is 0 Å². The Labute approximate surface area is 61.6 Å². The summed E-state index contributed by atoms with van der Waals surface area (Å²) >= 11 is 0. The topological polar surface area (TPSA) is 89.0 Å². The van der Waals surface area contributed by atoms with Gasteiger partial charge in [0.25, 0.3) is 0 Å². The molecule has 4 N–H and O–H groups in total. The van der Waals surface area contributed by atoms with Crippen molar-refractivity contribution in [1.82, 2.24) is 0 Å². The minimum absolute atomic E-state index is 0. The molecule has 0 radical (unpaired) electrons. The molecule has 0 aliphatic rings. The molecule has 7 heteroatoms. The molecule has 0 saturated heterocycles. The molecule has 7 heavy (non-hydrogen) atoms. The van der Waals surface area contributed by atoms with Crippen LogP contribution in [-0.2, 0) is 4.57 Å². The van der Waals surface area contributed by atoms with Gasteiger partial charge in [-0.15, -0.1) is 4.20 Å². The standard InChI is InChI=1S/FH2O3P.Na.H2O.H/c1-5(2,3)4;;;/h(H2,2,3,4);;1H2;. The number of hydrogen-bond acceptors (Lipinski definition) is 1. The fourth-order valence-electron chi connectivity index (χ4n) is 0. The summed E-state index contributed by atoms with van der Waals surface area (Å²) in [6.45, 7) is 0. The molecule has 0 atom stereocenters. The Morgan fingerprint density at radius 1 is 1.43 bits per heavy atom. The third-order valence-corrected chi connectivity index (χ3v) is 0. The van der Waals surface area contributed by atoms with Crippen LogP contribution in [0.1, 0.15) is 0 Å². The van der Waals surface area contributed by atoms with E-state index in [1.165, 1.54) is 0 Å². The van der Waals surface area contributed by atoms with Gasteiger partial charge in [-0.3, -0.25) is 9.79 Å². The van der Waals surface area contributed by atoms with Crippen LogP contribution in [0.25, 0.3) is 0 Å². The average molecular weight is 142 g/mol. The number of rotatable bonds is 0. The second-order valence-corrected chi connectivity index (χ2v) is 1.42. The summed E-state index contributed by atoms with van der Waals surface area (Å²) in [5.41, 5.74) is 0. The van der Waals surface area contributed by atoms with Crippen molar-refractivity contribution in [3.05, 3.63) is 0 Å². The summed E-state index contributed by atoms with van der Waals surface area (Å²) in [6.07, 6.45) is 0. The van der Waals surface area contributed by atoms with Crippen LogP contribution in [0.4, 0.5) is 4.20 Å². The zero-order valence-electron chi connectivity index (χ0n) is 2.63. The summed E-state index contributed by atoms with van der Waals surface area (Å²) in [5.74, 6) is 0. The second kappa shape index (κ2) is 5.18. The fourth-order valence-corrected chi connectivity index (χ4v) is 0. The van der Waals surface area contributed by atoms with E-state index in [9.17, 15) is 4.20 Å². The Balaban J connectivity index is -0.0000000800. The van der Waals surface area contributed by atoms with Crippen molar-refractivity contribution in [3.8, 4) is 0 Å². The van der Waals surface area contributed by atoms with Crippen molar-refractivity contribution in [2.45, 2.75) is 0 Å². The van der Waals surface area contributed by atoms with Crippen LogP contribution < -0.4 is 0 Å². The SMILES string of the molecule is O.O=P(O)(O)F.[NaH]. The molecule has 4 nitrogen and oxygen atoms in total. The van der Waals surface area contributed by atoms with Crippen molar-refractivity contribution in [2.75, 3.05) is 0 Å². The number of halogens is 1. The van der Waals surface area contributed by atoms with E-state index in [0.717, 1.165) is 0 Å². The van der Waals surface area contributed by atoms with Gasteiger partial charge in [0.05, 0.1) is 0 Å². The van der Waals surface area contributed by atoms with Crippen LogP contribution in [-0.4, -0.2) is 44.8 Å². The molecule has 0 spiro atoms. The van der Waals surface area contributed by atoms with Gasteiger partial charge in [0, 0.05) is 0 Å². The second-order valence-electron chi connectivity index (χ2n) is 0.473. The Morgan fingerprint density at radius 2 is 1.43 bits per heavy atom. The van der Waals surface area contributed by atoms with E-state index in [0.29, 0.717) is 0 Å². The first kappa shape index (κ1) is 15.7. The quantitative estimate of drug-likeness (QED) is 0.321. The zero-order valence-corrected chi connectivity index (χ0v) is 3.52. The summed E-state index contributed by atoms with van der Waals surface area (Å²) in [6, 6.07) is 0. The molecule has 0 heterocycles. The van der Waals surface area contributed by atoms with Gasteiger partial charge in [0.15, 0.2) is 0 Å². The van der Waals surface area contributed by atoms with Crippen LogP contribution in [0.15, 0.2) is 0 Å². The summed E-state index contributed by atoms with van der Waals surface area (Å²) < 4.78 is 19.0. The maximum atomic E-state index is 10.4. The number of hydrogen-bond donors (Lipinski definition) is 2. The van der Waals surface area contributed by atoms with Crippen LogP contribution in [0.5, 0.6) is 0 Å². The first-order chi connectivity index (χ1) is 2.00. The van der Waals surface area contributed by atoms with Gasteiger partial charge in [-0.25, -0.2) is 4.57 Å². The first-order valence-electron chi connectivity index (χ1n) is 0.752. The summed E-state index contributed by atoms with van der Waals surface area (Å²) in [5, 5.41) is 0. The van der Waals surface area contributed by atoms with Gasteiger partial charge >= 0.3 is 37.5 Å². The van der Waals surface area contributed by atoms with E-state index in [1.54, 1.807) is 0 Å². The molecule has 0 saturated carbocycles. The van der Waals surface area contributed by atoms with Crippen LogP contribution >= 0.6 is 7.91 Å². The van der Waals surface area contributed by atoms with Crippen LogP contribution in [0.2, 0.25) is 0 Å². The Bertz CT molecular complexity index is 57.8. The molecule has 0 aromatic rings. The van der Waals surface area contributed by atoms with E-state index >= 15 is 0 Å². The van der Waals surface area contributed by atoms with E-state index < -0.39 is 7.91 Å². The molecule has 42 valence electrons. The van der Waals surface area contributed by atoms with Gasteiger partial charge in [0.1, 0.15) is 0 Å². The van der Waals surface area contributed by atoms with E-state index in [4.69, 9.17) is 14.4 Å². The molecule has 0 aromatic carbocycles. The maximum absolute atomic E-state index is 10.4. The van der Waals surface area contributed by atoms with Crippen molar-refractivity contribution in [2.24, 2.45) is 0 Å². The fraction of sp³-hybridized carbons (Fsp3) is 0. The monoisotopic (exact) mass is 142 g/mol. The molecule has 0 aromatic heterocycles. The average Bonchev–Trinajstić information content (AvgIpc) is 0.722. The molecule has 0 rings (SSSR count). The van der Waals surface area contributed by atoms with E-state index in [-0.39, 0.29) is 35.0 Å². The van der Waals surface area contributed by atoms with Gasteiger partial charge in [-0.2, -0.15) is 0 Å². The van der Waals surface area contributed by atoms with E-state index in [2.05, 4.69) is 0 Å². The summed E-state index contributed by atoms with van der Waals surface area (Å²) in [4.78, 5) is 13.9. The van der Waals surface area contributed by atoms with Gasteiger partial charge < -0.3 is 5.48 Å². The van der Waals surface area contributed by atoms with Crippen LogP contribution in [0, 0.1) is 0 Å². The molecular weight excluding hydrogens is 137 g/mol. The third-order valence-electron chi connectivity index (χ3n) is 0. The van der Waals surface area contributed by atoms with Gasteiger partial charge in [-0.05, 0) is 0 Å². The predicted molar refractivity (Wildman–Crippen MR) is 23.9 cm³/mol. The van der Waals surface area contributed by atoms with Gasteiger partial charge in [0.2, 0.25) is 0 Å². The van der Waals surface area contributed by atoms with Crippen molar-refractivity contribution >= 4 is 37.5 Å². The zero-order chi connectivity index (χ0) is 4.50. The Morgan fingerprint density at radius 3 is 1.43 bits per heavy atom. The van der Waals surface area contributed by atoms with Crippen molar-refractivity contribution < 1.29 is 24.0 Å². The molecule has 0 unspecified atom stereocenters. The Kier molecular flexibility index (Phi) is 11.6. The van der Waals surface area contributed by atoms with Crippen LogP contribution in [0.3, 0.4) is 0 Å². The van der Waals surface area contributed by atoms with Crippen molar-refractivity contribution in [3.63, 3.8) is 0 Å². The summed E-state index contributed by atoms with van der Waals surface area (Å²) in [7, 11) is -5.14.